The number of carbonyl (C=O) groups is 1. The highest BCUT2D eigenvalue weighted by molar-refractivity contribution is 5.85. The third-order valence-corrected chi connectivity index (χ3v) is 1.98. The van der Waals surface area contributed by atoms with Gasteiger partial charge in [-0.1, -0.05) is 0 Å². The Kier molecular flexibility index (Phi) is 2.40. The lowest BCUT2D eigenvalue weighted by molar-refractivity contribution is 0.112. The number of benzene rings is 1. The maximum atomic E-state index is 12.9. The van der Waals surface area contributed by atoms with Crippen LogP contribution in [0.1, 0.15) is 10.5 Å². The summed E-state index contributed by atoms with van der Waals surface area (Å²) in [5.74, 6) is -2.08. The standard InChI is InChI=1S/C10H5F2N3O/c1-13-10-9(4-16)14-7-2-5(11)6(12)3-8(7)15-10/h2-4H,1H2. The Morgan fingerprint density at radius 1 is 1.19 bits per heavy atom. The molecule has 2 rings (SSSR count). The van der Waals surface area contributed by atoms with Crippen molar-refractivity contribution < 1.29 is 13.6 Å². The summed E-state index contributed by atoms with van der Waals surface area (Å²) in [6.07, 6.45) is 0.428. The lowest BCUT2D eigenvalue weighted by Crippen LogP contribution is -1.95. The number of halogens is 2. The van der Waals surface area contributed by atoms with Crippen LogP contribution in [0.5, 0.6) is 0 Å². The molecule has 0 amide bonds. The molecule has 0 saturated heterocycles. The first-order chi connectivity index (χ1) is 7.65. The molecule has 4 nitrogen and oxygen atoms in total. The van der Waals surface area contributed by atoms with Crippen LogP contribution in [0, 0.1) is 11.6 Å². The smallest absolute Gasteiger partial charge is 0.181 e. The van der Waals surface area contributed by atoms with Crippen LogP contribution in [-0.4, -0.2) is 23.0 Å². The zero-order chi connectivity index (χ0) is 11.7. The predicted octanol–water partition coefficient (Wildman–Crippen LogP) is 2.05. The van der Waals surface area contributed by atoms with Crippen molar-refractivity contribution in [3.63, 3.8) is 0 Å². The third kappa shape index (κ3) is 1.54. The summed E-state index contributed by atoms with van der Waals surface area (Å²) >= 11 is 0. The number of rotatable bonds is 2. The summed E-state index contributed by atoms with van der Waals surface area (Å²) in [6, 6.07) is 1.76. The summed E-state index contributed by atoms with van der Waals surface area (Å²) in [7, 11) is 0. The zero-order valence-electron chi connectivity index (χ0n) is 7.94. The van der Waals surface area contributed by atoms with Crippen molar-refractivity contribution in [2.45, 2.75) is 0 Å². The van der Waals surface area contributed by atoms with E-state index >= 15 is 0 Å². The van der Waals surface area contributed by atoms with Crippen LogP contribution < -0.4 is 0 Å². The van der Waals surface area contributed by atoms with Gasteiger partial charge in [0.05, 0.1) is 11.0 Å². The van der Waals surface area contributed by atoms with Gasteiger partial charge < -0.3 is 0 Å². The summed E-state index contributed by atoms with van der Waals surface area (Å²) in [5.41, 5.74) is 0.147. The van der Waals surface area contributed by atoms with Gasteiger partial charge in [0.15, 0.2) is 23.7 Å². The van der Waals surface area contributed by atoms with Gasteiger partial charge in [-0.05, 0) is 6.72 Å². The fourth-order valence-electron chi connectivity index (χ4n) is 1.25. The second kappa shape index (κ2) is 3.73. The average Bonchev–Trinajstić information content (AvgIpc) is 2.29. The fraction of sp³-hybridized carbons (Fsp3) is 0. The van der Waals surface area contributed by atoms with E-state index in [1.54, 1.807) is 0 Å². The Bertz CT molecular complexity index is 546. The second-order valence-corrected chi connectivity index (χ2v) is 2.96. The third-order valence-electron chi connectivity index (χ3n) is 1.98. The highest BCUT2D eigenvalue weighted by Crippen LogP contribution is 2.20. The molecule has 80 valence electrons. The Hall–Kier alpha value is -2.24. The van der Waals surface area contributed by atoms with Crippen LogP contribution in [0.25, 0.3) is 11.0 Å². The average molecular weight is 221 g/mol. The maximum absolute atomic E-state index is 12.9. The van der Waals surface area contributed by atoms with Crippen molar-refractivity contribution in [3.8, 4) is 0 Å². The molecule has 0 unspecified atom stereocenters. The largest absolute Gasteiger partial charge is 0.296 e. The molecule has 1 heterocycles. The van der Waals surface area contributed by atoms with E-state index in [1.807, 2.05) is 0 Å². The number of aldehydes is 1. The Labute approximate surface area is 88.7 Å². The molecule has 0 aliphatic heterocycles. The van der Waals surface area contributed by atoms with Crippen LogP contribution in [0.15, 0.2) is 17.1 Å². The molecule has 2 aromatic rings. The van der Waals surface area contributed by atoms with Crippen molar-refractivity contribution in [1.82, 2.24) is 9.97 Å². The molecular weight excluding hydrogens is 216 g/mol. The molecule has 0 atom stereocenters. The van der Waals surface area contributed by atoms with Gasteiger partial charge in [0.2, 0.25) is 0 Å². The number of fused-ring (bicyclic) bond motifs is 1. The van der Waals surface area contributed by atoms with Crippen molar-refractivity contribution in [3.05, 3.63) is 29.5 Å². The highest BCUT2D eigenvalue weighted by Gasteiger charge is 2.10. The fourth-order valence-corrected chi connectivity index (χ4v) is 1.25. The summed E-state index contributed by atoms with van der Waals surface area (Å²) in [4.78, 5) is 21.7. The number of aliphatic imine (C=N–C) groups is 1. The number of aromatic nitrogens is 2. The molecule has 0 aliphatic rings. The van der Waals surface area contributed by atoms with Gasteiger partial charge in [0, 0.05) is 12.1 Å². The first-order valence-electron chi connectivity index (χ1n) is 4.24. The van der Waals surface area contributed by atoms with Crippen LogP contribution in [0.4, 0.5) is 14.6 Å². The van der Waals surface area contributed by atoms with Gasteiger partial charge in [0.1, 0.15) is 5.69 Å². The van der Waals surface area contributed by atoms with E-state index in [0.29, 0.717) is 6.29 Å². The number of hydrogen-bond donors (Lipinski definition) is 0. The molecule has 0 N–H and O–H groups in total. The number of nitrogens with zero attached hydrogens (tertiary/aromatic N) is 3. The van der Waals surface area contributed by atoms with Gasteiger partial charge in [-0.3, -0.25) is 4.79 Å². The van der Waals surface area contributed by atoms with E-state index in [0.717, 1.165) is 12.1 Å². The van der Waals surface area contributed by atoms with Crippen molar-refractivity contribution in [1.29, 1.82) is 0 Å². The van der Waals surface area contributed by atoms with Gasteiger partial charge in [-0.15, -0.1) is 0 Å². The molecule has 0 radical (unpaired) electrons. The molecule has 0 bridgehead atoms. The SMILES string of the molecule is C=Nc1nc2cc(F)c(F)cc2nc1C=O. The van der Waals surface area contributed by atoms with Crippen LogP contribution in [0.2, 0.25) is 0 Å². The van der Waals surface area contributed by atoms with E-state index in [4.69, 9.17) is 0 Å². The monoisotopic (exact) mass is 221 g/mol. The number of hydrogen-bond acceptors (Lipinski definition) is 4. The van der Waals surface area contributed by atoms with Gasteiger partial charge >= 0.3 is 0 Å². The first-order valence-corrected chi connectivity index (χ1v) is 4.24. The van der Waals surface area contributed by atoms with E-state index in [2.05, 4.69) is 21.7 Å². The first kappa shape index (κ1) is 10.3. The summed E-state index contributed by atoms with van der Waals surface area (Å²) in [5, 5.41) is 0. The molecule has 6 heteroatoms. The minimum Gasteiger partial charge on any atom is -0.296 e. The molecule has 1 aromatic heterocycles. The van der Waals surface area contributed by atoms with Crippen LogP contribution in [-0.2, 0) is 0 Å². The normalized spacial score (nSPS) is 10.4. The van der Waals surface area contributed by atoms with Crippen LogP contribution >= 0.6 is 0 Å². The number of carbonyl (C=O) groups excluding carboxylic acids is 1. The Morgan fingerprint density at radius 3 is 2.25 bits per heavy atom. The highest BCUT2D eigenvalue weighted by atomic mass is 19.2. The van der Waals surface area contributed by atoms with Crippen molar-refractivity contribution in [2.75, 3.05) is 0 Å². The lowest BCUT2D eigenvalue weighted by atomic mass is 10.2. The molecule has 0 spiro atoms. The molecular formula is C10H5F2N3O. The maximum Gasteiger partial charge on any atom is 0.181 e. The predicted molar refractivity (Wildman–Crippen MR) is 54.1 cm³/mol. The van der Waals surface area contributed by atoms with Crippen molar-refractivity contribution in [2.24, 2.45) is 4.99 Å². The molecule has 0 aliphatic carbocycles. The Morgan fingerprint density at radius 2 is 1.75 bits per heavy atom. The quantitative estimate of drug-likeness (QED) is 0.576. The van der Waals surface area contributed by atoms with Crippen LogP contribution in [0.3, 0.4) is 0 Å². The molecule has 0 fully saturated rings. The van der Waals surface area contributed by atoms with E-state index < -0.39 is 11.6 Å². The van der Waals surface area contributed by atoms with Gasteiger partial charge in [0.25, 0.3) is 0 Å². The molecule has 1 aromatic carbocycles. The molecule has 16 heavy (non-hydrogen) atoms. The second-order valence-electron chi connectivity index (χ2n) is 2.96. The minimum atomic E-state index is -1.04. The van der Waals surface area contributed by atoms with E-state index in [-0.39, 0.29) is 22.5 Å². The lowest BCUT2D eigenvalue weighted by Gasteiger charge is -2.01. The topological polar surface area (TPSA) is 55.2 Å². The summed E-state index contributed by atoms with van der Waals surface area (Å²) < 4.78 is 25.8. The zero-order valence-corrected chi connectivity index (χ0v) is 7.94. The van der Waals surface area contributed by atoms with E-state index in [9.17, 15) is 13.6 Å². The van der Waals surface area contributed by atoms with Gasteiger partial charge in [-0.25, -0.2) is 23.7 Å². The minimum absolute atomic E-state index is 0.00601. The van der Waals surface area contributed by atoms with E-state index in [1.165, 1.54) is 0 Å². The molecule has 0 saturated carbocycles. The van der Waals surface area contributed by atoms with Crippen molar-refractivity contribution >= 4 is 29.9 Å². The summed E-state index contributed by atoms with van der Waals surface area (Å²) in [6.45, 7) is 3.21. The van der Waals surface area contributed by atoms with Gasteiger partial charge in [-0.2, -0.15) is 0 Å². The Balaban J connectivity index is 2.83.